The smallest absolute Gasteiger partial charge is 0.246 e. The molecule has 0 saturated heterocycles. The first-order chi connectivity index (χ1) is 8.67. The van der Waals surface area contributed by atoms with Crippen LogP contribution in [-0.4, -0.2) is 16.4 Å². The van der Waals surface area contributed by atoms with E-state index in [-0.39, 0.29) is 18.3 Å². The number of carbonyl (C=O) groups excluding carboxylic acids is 1. The molecule has 0 aromatic carbocycles. The standard InChI is InChI=1S/C13H19N3OS.ClH/c14-13(7-3-4-8-13)11(17)16-12-15-9-5-1-2-6-10(9)18-12;/h1-8,14H2,(H,15,16,17);1H. The molecule has 2 aliphatic carbocycles. The number of nitrogens with zero attached hydrogens (tertiary/aromatic N) is 1. The molecule has 3 N–H and O–H groups in total. The minimum absolute atomic E-state index is 0. The summed E-state index contributed by atoms with van der Waals surface area (Å²) in [6, 6.07) is 0. The molecule has 0 bridgehead atoms. The number of amides is 1. The Balaban J connectivity index is 0.00000133. The summed E-state index contributed by atoms with van der Waals surface area (Å²) in [5.41, 5.74) is 6.66. The first kappa shape index (κ1) is 14.8. The van der Waals surface area contributed by atoms with Crippen LogP contribution in [0.3, 0.4) is 0 Å². The van der Waals surface area contributed by atoms with Crippen molar-refractivity contribution >= 4 is 34.8 Å². The van der Waals surface area contributed by atoms with E-state index in [4.69, 9.17) is 5.73 Å². The molecule has 1 fully saturated rings. The topological polar surface area (TPSA) is 68.0 Å². The molecule has 1 saturated carbocycles. The highest BCUT2D eigenvalue weighted by atomic mass is 35.5. The zero-order chi connectivity index (χ0) is 12.6. The van der Waals surface area contributed by atoms with E-state index in [9.17, 15) is 4.79 Å². The Bertz CT molecular complexity index is 445. The molecule has 0 spiro atoms. The highest BCUT2D eigenvalue weighted by Crippen LogP contribution is 2.32. The zero-order valence-corrected chi connectivity index (χ0v) is 12.5. The van der Waals surface area contributed by atoms with Crippen LogP contribution in [0.25, 0.3) is 0 Å². The maximum Gasteiger partial charge on any atom is 0.246 e. The zero-order valence-electron chi connectivity index (χ0n) is 10.9. The van der Waals surface area contributed by atoms with Crippen molar-refractivity contribution in [2.24, 2.45) is 5.73 Å². The number of nitrogens with two attached hydrogens (primary N) is 1. The number of anilines is 1. The molecule has 0 aliphatic heterocycles. The quantitative estimate of drug-likeness (QED) is 0.882. The molecule has 0 radical (unpaired) electrons. The van der Waals surface area contributed by atoms with Gasteiger partial charge < -0.3 is 11.1 Å². The molecule has 19 heavy (non-hydrogen) atoms. The van der Waals surface area contributed by atoms with E-state index >= 15 is 0 Å². The number of fused-ring (bicyclic) bond motifs is 1. The Morgan fingerprint density at radius 3 is 2.58 bits per heavy atom. The summed E-state index contributed by atoms with van der Waals surface area (Å²) in [5, 5.41) is 3.66. The third-order valence-electron chi connectivity index (χ3n) is 4.01. The van der Waals surface area contributed by atoms with Gasteiger partial charge in [0.25, 0.3) is 0 Å². The molecule has 3 rings (SSSR count). The minimum Gasteiger partial charge on any atom is -0.317 e. The number of thiazole rings is 1. The third-order valence-corrected chi connectivity index (χ3v) is 5.09. The summed E-state index contributed by atoms with van der Waals surface area (Å²) < 4.78 is 0. The van der Waals surface area contributed by atoms with Gasteiger partial charge in [0, 0.05) is 4.88 Å². The van der Waals surface area contributed by atoms with Gasteiger partial charge in [-0.3, -0.25) is 4.79 Å². The number of rotatable bonds is 2. The summed E-state index contributed by atoms with van der Waals surface area (Å²) in [5.74, 6) is -0.0499. The second kappa shape index (κ2) is 5.77. The van der Waals surface area contributed by atoms with Gasteiger partial charge in [-0.15, -0.1) is 23.7 Å². The van der Waals surface area contributed by atoms with Gasteiger partial charge >= 0.3 is 0 Å². The lowest BCUT2D eigenvalue weighted by Gasteiger charge is -2.21. The fraction of sp³-hybridized carbons (Fsp3) is 0.692. The van der Waals surface area contributed by atoms with Crippen LogP contribution in [0.1, 0.15) is 49.1 Å². The van der Waals surface area contributed by atoms with Gasteiger partial charge in [-0.05, 0) is 38.5 Å². The molecule has 0 unspecified atom stereocenters. The van der Waals surface area contributed by atoms with E-state index < -0.39 is 5.54 Å². The number of carbonyl (C=O) groups is 1. The molecular weight excluding hydrogens is 282 g/mol. The molecule has 1 heterocycles. The van der Waals surface area contributed by atoms with Crippen LogP contribution in [0.4, 0.5) is 5.13 Å². The minimum atomic E-state index is -0.661. The SMILES string of the molecule is Cl.NC1(C(=O)Nc2nc3c(s2)CCCC3)CCCC1. The van der Waals surface area contributed by atoms with Crippen LogP contribution in [0.5, 0.6) is 0 Å². The Morgan fingerprint density at radius 1 is 1.21 bits per heavy atom. The van der Waals surface area contributed by atoms with Crippen LogP contribution >= 0.6 is 23.7 Å². The average Bonchev–Trinajstić information content (AvgIpc) is 2.95. The summed E-state index contributed by atoms with van der Waals surface area (Å²) in [7, 11) is 0. The van der Waals surface area contributed by atoms with Crippen molar-refractivity contribution in [3.63, 3.8) is 0 Å². The van der Waals surface area contributed by atoms with Crippen LogP contribution < -0.4 is 11.1 Å². The maximum absolute atomic E-state index is 12.2. The van der Waals surface area contributed by atoms with Crippen molar-refractivity contribution < 1.29 is 4.79 Å². The lowest BCUT2D eigenvalue weighted by molar-refractivity contribution is -0.121. The number of halogens is 1. The Kier molecular flexibility index (Phi) is 4.48. The number of aryl methyl sites for hydroxylation is 2. The van der Waals surface area contributed by atoms with E-state index in [1.54, 1.807) is 11.3 Å². The van der Waals surface area contributed by atoms with Gasteiger partial charge in [-0.2, -0.15) is 0 Å². The van der Waals surface area contributed by atoms with Gasteiger partial charge in [0.15, 0.2) is 5.13 Å². The molecule has 4 nitrogen and oxygen atoms in total. The molecule has 1 aromatic rings. The van der Waals surface area contributed by atoms with E-state index in [0.29, 0.717) is 0 Å². The van der Waals surface area contributed by atoms with Gasteiger partial charge in [0.05, 0.1) is 11.2 Å². The van der Waals surface area contributed by atoms with Crippen LogP contribution in [0.15, 0.2) is 0 Å². The number of aromatic nitrogens is 1. The van der Waals surface area contributed by atoms with E-state index in [0.717, 1.165) is 43.7 Å². The Labute approximate surface area is 123 Å². The first-order valence-corrected chi connectivity index (χ1v) is 7.58. The molecule has 6 heteroatoms. The van der Waals surface area contributed by atoms with Crippen LogP contribution in [-0.2, 0) is 17.6 Å². The van der Waals surface area contributed by atoms with Crippen molar-refractivity contribution in [2.45, 2.75) is 56.9 Å². The Morgan fingerprint density at radius 2 is 1.89 bits per heavy atom. The highest BCUT2D eigenvalue weighted by Gasteiger charge is 2.37. The van der Waals surface area contributed by atoms with Gasteiger partial charge in [0.2, 0.25) is 5.91 Å². The highest BCUT2D eigenvalue weighted by molar-refractivity contribution is 7.15. The van der Waals surface area contributed by atoms with Crippen LogP contribution in [0.2, 0.25) is 0 Å². The molecule has 1 aromatic heterocycles. The maximum atomic E-state index is 12.2. The fourth-order valence-electron chi connectivity index (χ4n) is 2.86. The molecule has 1 amide bonds. The summed E-state index contributed by atoms with van der Waals surface area (Å²) in [6.07, 6.45) is 8.31. The number of hydrogen-bond acceptors (Lipinski definition) is 4. The van der Waals surface area contributed by atoms with Crippen molar-refractivity contribution in [3.8, 4) is 0 Å². The number of nitrogens with one attached hydrogen (secondary N) is 1. The molecule has 2 aliphatic rings. The lowest BCUT2D eigenvalue weighted by Crippen LogP contribution is -2.48. The van der Waals surface area contributed by atoms with Crippen LogP contribution in [0, 0.1) is 0 Å². The normalized spacial score (nSPS) is 20.5. The molecule has 0 atom stereocenters. The largest absolute Gasteiger partial charge is 0.317 e. The fourth-order valence-corrected chi connectivity index (χ4v) is 3.90. The van der Waals surface area contributed by atoms with Gasteiger partial charge in [-0.25, -0.2) is 4.98 Å². The van der Waals surface area contributed by atoms with Crippen molar-refractivity contribution in [3.05, 3.63) is 10.6 Å². The second-order valence-electron chi connectivity index (χ2n) is 5.41. The summed E-state index contributed by atoms with van der Waals surface area (Å²) >= 11 is 1.62. The van der Waals surface area contributed by atoms with E-state index in [2.05, 4.69) is 10.3 Å². The third kappa shape index (κ3) is 2.93. The second-order valence-corrected chi connectivity index (χ2v) is 6.50. The summed E-state index contributed by atoms with van der Waals surface area (Å²) in [4.78, 5) is 18.0. The Hall–Kier alpha value is -0.650. The number of hydrogen-bond donors (Lipinski definition) is 2. The summed E-state index contributed by atoms with van der Waals surface area (Å²) in [6.45, 7) is 0. The van der Waals surface area contributed by atoms with Gasteiger partial charge in [-0.1, -0.05) is 12.8 Å². The lowest BCUT2D eigenvalue weighted by atomic mass is 9.98. The monoisotopic (exact) mass is 301 g/mol. The van der Waals surface area contributed by atoms with Crippen molar-refractivity contribution in [1.82, 2.24) is 4.98 Å². The van der Waals surface area contributed by atoms with Gasteiger partial charge in [0.1, 0.15) is 0 Å². The van der Waals surface area contributed by atoms with Crippen molar-refractivity contribution in [2.75, 3.05) is 5.32 Å². The van der Waals surface area contributed by atoms with Crippen molar-refractivity contribution in [1.29, 1.82) is 0 Å². The molecular formula is C13H20ClN3OS. The average molecular weight is 302 g/mol. The predicted octanol–water partition coefficient (Wildman–Crippen LogP) is 2.65. The first-order valence-electron chi connectivity index (χ1n) is 6.76. The predicted molar refractivity (Wildman–Crippen MR) is 80.0 cm³/mol. The molecule has 106 valence electrons. The van der Waals surface area contributed by atoms with E-state index in [1.807, 2.05) is 0 Å². The van der Waals surface area contributed by atoms with E-state index in [1.165, 1.54) is 23.4 Å².